The molecule has 1 aromatic heterocycles. The van der Waals surface area contributed by atoms with Gasteiger partial charge in [-0.2, -0.15) is 0 Å². The van der Waals surface area contributed by atoms with Crippen molar-refractivity contribution < 1.29 is 4.79 Å². The molecule has 0 bridgehead atoms. The van der Waals surface area contributed by atoms with Gasteiger partial charge in [0.15, 0.2) is 0 Å². The summed E-state index contributed by atoms with van der Waals surface area (Å²) in [7, 11) is 5.86. The van der Waals surface area contributed by atoms with Crippen LogP contribution in [0, 0.1) is 6.92 Å². The third kappa shape index (κ3) is 4.17. The highest BCUT2D eigenvalue weighted by molar-refractivity contribution is 7.98. The summed E-state index contributed by atoms with van der Waals surface area (Å²) in [6.45, 7) is 3.52. The Morgan fingerprint density at radius 2 is 1.78 bits per heavy atom. The minimum Gasteiger partial charge on any atom is -0.340 e. The van der Waals surface area contributed by atoms with Gasteiger partial charge in [-0.25, -0.2) is 4.98 Å². The number of amides is 1. The number of aromatic nitrogens is 2. The van der Waals surface area contributed by atoms with Gasteiger partial charge in [0.1, 0.15) is 5.82 Å². The van der Waals surface area contributed by atoms with Crippen LogP contribution in [0.3, 0.4) is 0 Å². The van der Waals surface area contributed by atoms with Crippen LogP contribution >= 0.6 is 11.8 Å². The lowest BCUT2D eigenvalue weighted by Crippen LogP contribution is -2.33. The van der Waals surface area contributed by atoms with Gasteiger partial charge in [0.05, 0.1) is 11.0 Å². The van der Waals surface area contributed by atoms with Gasteiger partial charge in [0, 0.05) is 36.3 Å². The van der Waals surface area contributed by atoms with E-state index in [1.54, 1.807) is 16.7 Å². The Morgan fingerprint density at radius 1 is 1.07 bits per heavy atom. The fourth-order valence-electron chi connectivity index (χ4n) is 3.06. The van der Waals surface area contributed by atoms with Crippen LogP contribution in [-0.2, 0) is 0 Å². The van der Waals surface area contributed by atoms with Gasteiger partial charge in [-0.15, -0.1) is 11.8 Å². The van der Waals surface area contributed by atoms with Crippen molar-refractivity contribution in [3.05, 3.63) is 53.9 Å². The van der Waals surface area contributed by atoms with Gasteiger partial charge in [0.2, 0.25) is 0 Å². The molecule has 0 aliphatic carbocycles. The van der Waals surface area contributed by atoms with Crippen molar-refractivity contribution in [2.24, 2.45) is 0 Å². The summed E-state index contributed by atoms with van der Waals surface area (Å²) in [6.07, 6.45) is 2.07. The fourth-order valence-corrected chi connectivity index (χ4v) is 3.47. The quantitative estimate of drug-likeness (QED) is 0.610. The first-order chi connectivity index (χ1) is 12.9. The minimum absolute atomic E-state index is 0.0295. The molecular formula is C21H26N4OS. The predicted octanol–water partition coefficient (Wildman–Crippen LogP) is 3.69. The molecule has 6 heteroatoms. The lowest BCUT2D eigenvalue weighted by atomic mass is 10.1. The molecule has 0 N–H and O–H groups in total. The molecule has 0 fully saturated rings. The number of imidazole rings is 1. The van der Waals surface area contributed by atoms with Crippen LogP contribution in [0.1, 0.15) is 16.2 Å². The molecule has 1 amide bonds. The van der Waals surface area contributed by atoms with E-state index in [4.69, 9.17) is 0 Å². The monoisotopic (exact) mass is 382 g/mol. The molecule has 0 saturated heterocycles. The molecule has 0 saturated carbocycles. The summed E-state index contributed by atoms with van der Waals surface area (Å²) in [5.74, 6) is 0.939. The highest BCUT2D eigenvalue weighted by Crippen LogP contribution is 2.24. The number of nitrogens with zero attached hydrogens (tertiary/aromatic N) is 4. The summed E-state index contributed by atoms with van der Waals surface area (Å²) < 4.78 is 2.11. The second kappa shape index (κ2) is 8.15. The number of hydrogen-bond acceptors (Lipinski definition) is 4. The third-order valence-electron chi connectivity index (χ3n) is 4.63. The first-order valence-corrected chi connectivity index (χ1v) is 10.2. The van der Waals surface area contributed by atoms with Gasteiger partial charge in [0.25, 0.3) is 5.91 Å². The Balaban J connectivity index is 1.97. The van der Waals surface area contributed by atoms with Crippen molar-refractivity contribution in [3.63, 3.8) is 0 Å². The van der Waals surface area contributed by atoms with E-state index in [0.29, 0.717) is 12.1 Å². The highest BCUT2D eigenvalue weighted by Gasteiger charge is 2.16. The van der Waals surface area contributed by atoms with Crippen LogP contribution in [0.25, 0.3) is 16.7 Å². The zero-order chi connectivity index (χ0) is 19.6. The smallest absolute Gasteiger partial charge is 0.253 e. The van der Waals surface area contributed by atoms with Crippen LogP contribution in [-0.4, -0.2) is 65.7 Å². The SMILES string of the molecule is CSc1ccc(-n2c(C)nc3ccc(C(=O)N(C)CCN(C)C)cc32)cc1. The molecule has 0 unspecified atom stereocenters. The largest absolute Gasteiger partial charge is 0.340 e. The van der Waals surface area contributed by atoms with Crippen molar-refractivity contribution in [1.29, 1.82) is 0 Å². The molecule has 142 valence electrons. The number of fused-ring (bicyclic) bond motifs is 1. The molecule has 27 heavy (non-hydrogen) atoms. The van der Waals surface area contributed by atoms with Crippen molar-refractivity contribution in [3.8, 4) is 5.69 Å². The molecule has 0 aliphatic rings. The lowest BCUT2D eigenvalue weighted by molar-refractivity contribution is 0.0786. The van der Waals surface area contributed by atoms with E-state index in [2.05, 4.69) is 45.0 Å². The standard InChI is InChI=1S/C21H26N4OS/c1-15-22-19-11-6-16(21(26)24(4)13-12-23(2)3)14-20(19)25(15)17-7-9-18(27-5)10-8-17/h6-11,14H,12-13H2,1-5H3. The van der Waals surface area contributed by atoms with Crippen molar-refractivity contribution in [2.45, 2.75) is 11.8 Å². The van der Waals surface area contributed by atoms with E-state index >= 15 is 0 Å². The molecule has 0 radical (unpaired) electrons. The van der Waals surface area contributed by atoms with E-state index in [1.165, 1.54) is 4.90 Å². The molecule has 5 nitrogen and oxygen atoms in total. The lowest BCUT2D eigenvalue weighted by Gasteiger charge is -2.19. The Morgan fingerprint density at radius 3 is 2.41 bits per heavy atom. The zero-order valence-corrected chi connectivity index (χ0v) is 17.4. The molecule has 1 heterocycles. The topological polar surface area (TPSA) is 41.4 Å². The number of likely N-dealkylation sites (N-methyl/N-ethyl adjacent to an activating group) is 2. The number of hydrogen-bond donors (Lipinski definition) is 0. The van der Waals surface area contributed by atoms with Crippen molar-refractivity contribution in [2.75, 3.05) is 40.5 Å². The molecule has 0 aliphatic heterocycles. The number of benzene rings is 2. The first kappa shape index (κ1) is 19.5. The molecule has 0 atom stereocenters. The second-order valence-electron chi connectivity index (χ2n) is 6.93. The maximum atomic E-state index is 12.8. The Labute approximate surface area is 165 Å². The van der Waals surface area contributed by atoms with Gasteiger partial charge in [-0.3, -0.25) is 9.36 Å². The van der Waals surface area contributed by atoms with E-state index in [-0.39, 0.29) is 5.91 Å². The van der Waals surface area contributed by atoms with E-state index < -0.39 is 0 Å². The number of thioether (sulfide) groups is 1. The maximum absolute atomic E-state index is 12.8. The Bertz CT molecular complexity index is 947. The summed E-state index contributed by atoms with van der Waals surface area (Å²) in [5.41, 5.74) is 3.59. The third-order valence-corrected chi connectivity index (χ3v) is 5.37. The molecule has 2 aromatic carbocycles. The van der Waals surface area contributed by atoms with Gasteiger partial charge in [-0.1, -0.05) is 0 Å². The number of carbonyl (C=O) groups is 1. The average Bonchev–Trinajstić information content (AvgIpc) is 3.00. The van der Waals surface area contributed by atoms with Crippen LogP contribution in [0.4, 0.5) is 0 Å². The summed E-state index contributed by atoms with van der Waals surface area (Å²) >= 11 is 1.72. The molecular weight excluding hydrogens is 356 g/mol. The van der Waals surface area contributed by atoms with Crippen LogP contribution in [0.15, 0.2) is 47.4 Å². The molecule has 3 aromatic rings. The van der Waals surface area contributed by atoms with Crippen LogP contribution in [0.5, 0.6) is 0 Å². The van der Waals surface area contributed by atoms with Gasteiger partial charge in [-0.05, 0) is 69.7 Å². The average molecular weight is 383 g/mol. The zero-order valence-electron chi connectivity index (χ0n) is 16.6. The number of rotatable bonds is 6. The van der Waals surface area contributed by atoms with Gasteiger partial charge >= 0.3 is 0 Å². The highest BCUT2D eigenvalue weighted by atomic mass is 32.2. The Kier molecular flexibility index (Phi) is 5.87. The molecule has 0 spiro atoms. The van der Waals surface area contributed by atoms with E-state index in [9.17, 15) is 4.79 Å². The Hall–Kier alpha value is -2.31. The maximum Gasteiger partial charge on any atom is 0.253 e. The molecule has 3 rings (SSSR count). The number of carbonyl (C=O) groups excluding carboxylic acids is 1. The second-order valence-corrected chi connectivity index (χ2v) is 7.81. The van der Waals surface area contributed by atoms with Crippen molar-refractivity contribution in [1.82, 2.24) is 19.4 Å². The summed E-state index contributed by atoms with van der Waals surface area (Å²) in [6, 6.07) is 14.2. The minimum atomic E-state index is 0.0295. The van der Waals surface area contributed by atoms with E-state index in [1.807, 2.05) is 46.3 Å². The predicted molar refractivity (Wildman–Crippen MR) is 113 cm³/mol. The van der Waals surface area contributed by atoms with Crippen LogP contribution in [0.2, 0.25) is 0 Å². The summed E-state index contributed by atoms with van der Waals surface area (Å²) in [5, 5.41) is 0. The normalized spacial score (nSPS) is 11.3. The van der Waals surface area contributed by atoms with Crippen LogP contribution < -0.4 is 0 Å². The first-order valence-electron chi connectivity index (χ1n) is 8.94. The van der Waals surface area contributed by atoms with Crippen molar-refractivity contribution >= 4 is 28.7 Å². The number of aryl methyl sites for hydroxylation is 1. The van der Waals surface area contributed by atoms with Gasteiger partial charge < -0.3 is 9.80 Å². The fraction of sp³-hybridized carbons (Fsp3) is 0.333. The summed E-state index contributed by atoms with van der Waals surface area (Å²) in [4.78, 5) is 22.5. The van der Waals surface area contributed by atoms with E-state index in [0.717, 1.165) is 29.1 Å².